The quantitative estimate of drug-likeness (QED) is 0.760. The van der Waals surface area contributed by atoms with Gasteiger partial charge < -0.3 is 20.7 Å². The molecule has 2 amide bonds. The number of methoxy groups -OCH3 is 1. The number of nitrogens with zero attached hydrogens (tertiary/aromatic N) is 1. The summed E-state index contributed by atoms with van der Waals surface area (Å²) in [6, 6.07) is 7.72. The zero-order valence-electron chi connectivity index (χ0n) is 14.3. The molecule has 0 heterocycles. The van der Waals surface area contributed by atoms with Crippen molar-refractivity contribution in [3.05, 3.63) is 24.3 Å². The van der Waals surface area contributed by atoms with Crippen molar-refractivity contribution in [2.24, 2.45) is 5.73 Å². The van der Waals surface area contributed by atoms with Gasteiger partial charge in [-0.1, -0.05) is 19.3 Å². The second kappa shape index (κ2) is 9.15. The molecule has 1 saturated carbocycles. The summed E-state index contributed by atoms with van der Waals surface area (Å²) in [6.45, 7) is 0.635. The van der Waals surface area contributed by atoms with E-state index in [1.165, 1.54) is 19.3 Å². The molecule has 0 atom stereocenters. The van der Waals surface area contributed by atoms with Crippen LogP contribution in [-0.2, 0) is 9.59 Å². The number of rotatable bonds is 8. The number of nitrogens with two attached hydrogens (primary N) is 1. The van der Waals surface area contributed by atoms with Crippen LogP contribution in [-0.4, -0.2) is 38.1 Å². The summed E-state index contributed by atoms with van der Waals surface area (Å²) in [5, 5.41) is 3.11. The molecule has 1 aromatic rings. The average Bonchev–Trinajstić information content (AvgIpc) is 2.59. The number of hydrogen-bond donors (Lipinski definition) is 2. The Kier molecular flexibility index (Phi) is 6.90. The molecule has 132 valence electrons. The van der Waals surface area contributed by atoms with Crippen molar-refractivity contribution in [2.75, 3.05) is 25.1 Å². The summed E-state index contributed by atoms with van der Waals surface area (Å²) >= 11 is 0. The van der Waals surface area contributed by atoms with Gasteiger partial charge in [0, 0.05) is 24.7 Å². The minimum absolute atomic E-state index is 0.0119. The summed E-state index contributed by atoms with van der Waals surface area (Å²) in [5.74, 6) is 0.364. The molecule has 0 bridgehead atoms. The van der Waals surface area contributed by atoms with Crippen molar-refractivity contribution in [1.29, 1.82) is 0 Å². The molecule has 1 aliphatic carbocycles. The zero-order chi connectivity index (χ0) is 17.4. The third-order valence-electron chi connectivity index (χ3n) is 4.37. The van der Waals surface area contributed by atoms with Gasteiger partial charge in [0.1, 0.15) is 5.75 Å². The number of carbonyl (C=O) groups is 2. The Morgan fingerprint density at radius 2 is 1.88 bits per heavy atom. The standard InChI is InChI=1S/C18H27N3O3/c1-24-16-9-7-15(8-10-16)21(12-11-17(19)22)13-18(23)20-14-5-3-2-4-6-14/h7-10,14H,2-6,11-13H2,1H3,(H2,19,22)(H,20,23). The van der Waals surface area contributed by atoms with E-state index in [-0.39, 0.29) is 30.8 Å². The Hall–Kier alpha value is -2.24. The Morgan fingerprint density at radius 1 is 1.21 bits per heavy atom. The molecule has 0 aliphatic heterocycles. The molecule has 2 rings (SSSR count). The molecule has 0 aromatic heterocycles. The summed E-state index contributed by atoms with van der Waals surface area (Å²) in [4.78, 5) is 25.4. The lowest BCUT2D eigenvalue weighted by Crippen LogP contribution is -2.43. The molecule has 0 saturated heterocycles. The van der Waals surface area contributed by atoms with Crippen LogP contribution < -0.4 is 20.7 Å². The first-order valence-electron chi connectivity index (χ1n) is 8.55. The van der Waals surface area contributed by atoms with Crippen molar-refractivity contribution in [1.82, 2.24) is 5.32 Å². The third kappa shape index (κ3) is 5.76. The average molecular weight is 333 g/mol. The van der Waals surface area contributed by atoms with E-state index in [4.69, 9.17) is 10.5 Å². The maximum atomic E-state index is 12.4. The first kappa shape index (κ1) is 18.1. The molecule has 24 heavy (non-hydrogen) atoms. The van der Waals surface area contributed by atoms with Crippen LogP contribution in [0, 0.1) is 0 Å². The Bertz CT molecular complexity index is 539. The summed E-state index contributed by atoms with van der Waals surface area (Å²) in [5.41, 5.74) is 6.13. The van der Waals surface area contributed by atoms with E-state index in [1.54, 1.807) is 7.11 Å². The number of carbonyl (C=O) groups excluding carboxylic acids is 2. The fourth-order valence-electron chi connectivity index (χ4n) is 3.03. The Balaban J connectivity index is 1.98. The van der Waals surface area contributed by atoms with Gasteiger partial charge in [0.25, 0.3) is 0 Å². The minimum atomic E-state index is -0.374. The van der Waals surface area contributed by atoms with Gasteiger partial charge in [0.15, 0.2) is 0 Å². The summed E-state index contributed by atoms with van der Waals surface area (Å²) in [7, 11) is 1.61. The molecule has 0 radical (unpaired) electrons. The van der Waals surface area contributed by atoms with Crippen molar-refractivity contribution in [2.45, 2.75) is 44.6 Å². The van der Waals surface area contributed by atoms with Gasteiger partial charge in [-0.15, -0.1) is 0 Å². The first-order chi connectivity index (χ1) is 11.6. The molecule has 3 N–H and O–H groups in total. The maximum Gasteiger partial charge on any atom is 0.239 e. The highest BCUT2D eigenvalue weighted by atomic mass is 16.5. The highest BCUT2D eigenvalue weighted by molar-refractivity contribution is 5.82. The zero-order valence-corrected chi connectivity index (χ0v) is 14.3. The molecule has 0 unspecified atom stereocenters. The summed E-state index contributed by atoms with van der Waals surface area (Å²) in [6.07, 6.45) is 5.92. The van der Waals surface area contributed by atoms with Crippen molar-refractivity contribution in [3.8, 4) is 5.75 Å². The van der Waals surface area contributed by atoms with E-state index in [0.29, 0.717) is 6.54 Å². The predicted molar refractivity (Wildman–Crippen MR) is 94.0 cm³/mol. The highest BCUT2D eigenvalue weighted by Gasteiger charge is 2.18. The van der Waals surface area contributed by atoms with Crippen LogP contribution in [0.25, 0.3) is 0 Å². The number of primary amides is 1. The normalized spacial score (nSPS) is 14.9. The van der Waals surface area contributed by atoms with Crippen LogP contribution in [0.3, 0.4) is 0 Å². The lowest BCUT2D eigenvalue weighted by Gasteiger charge is -2.27. The molecule has 0 spiro atoms. The Labute approximate surface area is 143 Å². The van der Waals surface area contributed by atoms with Crippen LogP contribution >= 0.6 is 0 Å². The molecule has 1 aliphatic rings. The second-order valence-corrected chi connectivity index (χ2v) is 6.24. The van der Waals surface area contributed by atoms with Gasteiger partial charge in [0.05, 0.1) is 13.7 Å². The van der Waals surface area contributed by atoms with Gasteiger partial charge in [0.2, 0.25) is 11.8 Å². The fraction of sp³-hybridized carbons (Fsp3) is 0.556. The van der Waals surface area contributed by atoms with E-state index < -0.39 is 0 Å². The van der Waals surface area contributed by atoms with Crippen molar-refractivity contribution < 1.29 is 14.3 Å². The van der Waals surface area contributed by atoms with Crippen LogP contribution in [0.1, 0.15) is 38.5 Å². The van der Waals surface area contributed by atoms with Gasteiger partial charge in [-0.05, 0) is 37.1 Å². The van der Waals surface area contributed by atoms with Gasteiger partial charge in [-0.25, -0.2) is 0 Å². The van der Waals surface area contributed by atoms with Crippen molar-refractivity contribution >= 4 is 17.5 Å². The first-order valence-corrected chi connectivity index (χ1v) is 8.55. The van der Waals surface area contributed by atoms with E-state index in [9.17, 15) is 9.59 Å². The van der Waals surface area contributed by atoms with Gasteiger partial charge in [-0.2, -0.15) is 0 Å². The lowest BCUT2D eigenvalue weighted by molar-refractivity contribution is -0.121. The molecule has 6 heteroatoms. The number of ether oxygens (including phenoxy) is 1. The number of amides is 2. The molecule has 1 aromatic carbocycles. The lowest BCUT2D eigenvalue weighted by atomic mass is 9.95. The van der Waals surface area contributed by atoms with Gasteiger partial charge >= 0.3 is 0 Å². The van der Waals surface area contributed by atoms with E-state index in [2.05, 4.69) is 5.32 Å². The SMILES string of the molecule is COc1ccc(N(CCC(N)=O)CC(=O)NC2CCCCC2)cc1. The molecule has 6 nitrogen and oxygen atoms in total. The summed E-state index contributed by atoms with van der Waals surface area (Å²) < 4.78 is 5.16. The number of hydrogen-bond acceptors (Lipinski definition) is 4. The highest BCUT2D eigenvalue weighted by Crippen LogP contribution is 2.20. The van der Waals surface area contributed by atoms with Crippen LogP contribution in [0.15, 0.2) is 24.3 Å². The topological polar surface area (TPSA) is 84.7 Å². The van der Waals surface area contributed by atoms with E-state index in [0.717, 1.165) is 24.3 Å². The minimum Gasteiger partial charge on any atom is -0.497 e. The monoisotopic (exact) mass is 333 g/mol. The van der Waals surface area contributed by atoms with E-state index in [1.807, 2.05) is 29.2 Å². The number of nitrogens with one attached hydrogen (secondary N) is 1. The second-order valence-electron chi connectivity index (χ2n) is 6.24. The van der Waals surface area contributed by atoms with Gasteiger partial charge in [-0.3, -0.25) is 9.59 Å². The van der Waals surface area contributed by atoms with Crippen LogP contribution in [0.4, 0.5) is 5.69 Å². The third-order valence-corrected chi connectivity index (χ3v) is 4.37. The van der Waals surface area contributed by atoms with Crippen LogP contribution in [0.5, 0.6) is 5.75 Å². The number of benzene rings is 1. The molecule has 1 fully saturated rings. The maximum absolute atomic E-state index is 12.4. The largest absolute Gasteiger partial charge is 0.497 e. The Morgan fingerprint density at radius 3 is 2.46 bits per heavy atom. The molecular formula is C18H27N3O3. The smallest absolute Gasteiger partial charge is 0.239 e. The van der Waals surface area contributed by atoms with Crippen molar-refractivity contribution in [3.63, 3.8) is 0 Å². The molecular weight excluding hydrogens is 306 g/mol. The number of anilines is 1. The fourth-order valence-corrected chi connectivity index (χ4v) is 3.03. The van der Waals surface area contributed by atoms with E-state index >= 15 is 0 Å². The van der Waals surface area contributed by atoms with Crippen LogP contribution in [0.2, 0.25) is 0 Å². The predicted octanol–water partition coefficient (Wildman–Crippen LogP) is 1.83.